The molecular weight excluding hydrogens is 418 g/mol. The normalized spacial score (nSPS) is 20.1. The molecule has 3 fully saturated rings. The largest absolute Gasteiger partial charge is 0.378 e. The number of rotatable bonds is 3. The number of aromatic nitrogens is 3. The molecule has 1 aromatic carbocycles. The molecule has 0 aliphatic carbocycles. The Kier molecular flexibility index (Phi) is 5.15. The monoisotopic (exact) mass is 447 g/mol. The fourth-order valence-electron chi connectivity index (χ4n) is 5.06. The lowest BCUT2D eigenvalue weighted by Gasteiger charge is -2.48. The van der Waals surface area contributed by atoms with Crippen LogP contribution in [0.2, 0.25) is 0 Å². The van der Waals surface area contributed by atoms with E-state index in [0.717, 1.165) is 85.9 Å². The van der Waals surface area contributed by atoms with Crippen molar-refractivity contribution in [2.24, 2.45) is 5.41 Å². The number of carbonyl (C=O) groups is 1. The predicted octanol–water partition coefficient (Wildman–Crippen LogP) is 2.68. The fourth-order valence-corrected chi connectivity index (χ4v) is 5.06. The topological polar surface area (TPSA) is 98.4 Å². The number of fused-ring (bicyclic) bond motifs is 1. The van der Waals surface area contributed by atoms with Crippen LogP contribution in [0.15, 0.2) is 36.7 Å². The minimum atomic E-state index is -0.0130. The number of benzene rings is 1. The molecule has 3 aliphatic heterocycles. The lowest BCUT2D eigenvalue weighted by Crippen LogP contribution is -2.59. The molecule has 9 heteroatoms. The molecule has 5 heterocycles. The van der Waals surface area contributed by atoms with Crippen molar-refractivity contribution in [1.29, 1.82) is 0 Å². The number of morpholine rings is 1. The Labute approximate surface area is 192 Å². The second kappa shape index (κ2) is 8.31. The third-order valence-electron chi connectivity index (χ3n) is 7.27. The van der Waals surface area contributed by atoms with Gasteiger partial charge in [-0.05, 0) is 42.0 Å². The molecule has 3 aliphatic rings. The van der Waals surface area contributed by atoms with Crippen LogP contribution in [0.5, 0.6) is 0 Å². The first kappa shape index (κ1) is 20.4. The Morgan fingerprint density at radius 3 is 2.48 bits per heavy atom. The summed E-state index contributed by atoms with van der Waals surface area (Å²) in [6, 6.07) is 10.0. The molecule has 1 spiro atoms. The van der Waals surface area contributed by atoms with Gasteiger partial charge in [-0.15, -0.1) is 0 Å². The Hall–Kier alpha value is -3.17. The van der Waals surface area contributed by atoms with Crippen LogP contribution in [0.1, 0.15) is 12.8 Å². The fraction of sp³-hybridized carbons (Fsp3) is 0.458. The van der Waals surface area contributed by atoms with Gasteiger partial charge in [-0.3, -0.25) is 0 Å². The predicted molar refractivity (Wildman–Crippen MR) is 127 cm³/mol. The van der Waals surface area contributed by atoms with Gasteiger partial charge in [-0.2, -0.15) is 0 Å². The number of nitrogens with one attached hydrogen (secondary N) is 3. The maximum atomic E-state index is 12.7. The van der Waals surface area contributed by atoms with Gasteiger partial charge in [0.1, 0.15) is 17.8 Å². The molecule has 33 heavy (non-hydrogen) atoms. The van der Waals surface area contributed by atoms with Crippen LogP contribution in [0, 0.1) is 5.41 Å². The zero-order valence-corrected chi connectivity index (χ0v) is 18.6. The van der Waals surface area contributed by atoms with Gasteiger partial charge < -0.3 is 30.2 Å². The highest BCUT2D eigenvalue weighted by molar-refractivity contribution is 5.93. The van der Waals surface area contributed by atoms with Crippen molar-refractivity contribution >= 4 is 28.6 Å². The SMILES string of the molecule is O=C(Nc1ccc(-c2cc3c(N4CCOCC4)ncnc3[nH]2)cc1)N1CCC2(CC1)CNC2. The van der Waals surface area contributed by atoms with E-state index < -0.39 is 0 Å². The molecule has 3 aromatic rings. The van der Waals surface area contributed by atoms with Crippen LogP contribution in [-0.4, -0.2) is 78.4 Å². The van der Waals surface area contributed by atoms with E-state index in [1.165, 1.54) is 0 Å². The quantitative estimate of drug-likeness (QED) is 0.571. The molecule has 2 amide bonds. The molecule has 0 atom stereocenters. The molecule has 6 rings (SSSR count). The highest BCUT2D eigenvalue weighted by Gasteiger charge is 2.40. The first-order valence-electron chi connectivity index (χ1n) is 11.7. The van der Waals surface area contributed by atoms with Gasteiger partial charge in [0, 0.05) is 50.6 Å². The Morgan fingerprint density at radius 2 is 1.79 bits per heavy atom. The van der Waals surface area contributed by atoms with Crippen molar-refractivity contribution in [2.45, 2.75) is 12.8 Å². The number of ether oxygens (including phenoxy) is 1. The number of anilines is 2. The van der Waals surface area contributed by atoms with E-state index in [1.54, 1.807) is 6.33 Å². The summed E-state index contributed by atoms with van der Waals surface area (Å²) in [7, 11) is 0. The van der Waals surface area contributed by atoms with Crippen LogP contribution in [0.3, 0.4) is 0 Å². The van der Waals surface area contributed by atoms with E-state index in [4.69, 9.17) is 4.74 Å². The Bertz CT molecular complexity index is 1140. The van der Waals surface area contributed by atoms with Crippen molar-refractivity contribution < 1.29 is 9.53 Å². The number of hydrogen-bond acceptors (Lipinski definition) is 6. The van der Waals surface area contributed by atoms with E-state index in [-0.39, 0.29) is 6.03 Å². The van der Waals surface area contributed by atoms with E-state index in [0.29, 0.717) is 18.6 Å². The van der Waals surface area contributed by atoms with Crippen LogP contribution < -0.4 is 15.5 Å². The lowest BCUT2D eigenvalue weighted by atomic mass is 9.73. The van der Waals surface area contributed by atoms with Crippen molar-refractivity contribution in [1.82, 2.24) is 25.2 Å². The first-order valence-corrected chi connectivity index (χ1v) is 11.7. The summed E-state index contributed by atoms with van der Waals surface area (Å²) in [5.74, 6) is 0.940. The zero-order chi connectivity index (χ0) is 22.3. The van der Waals surface area contributed by atoms with Crippen LogP contribution >= 0.6 is 0 Å². The van der Waals surface area contributed by atoms with Crippen LogP contribution in [0.25, 0.3) is 22.3 Å². The second-order valence-corrected chi connectivity index (χ2v) is 9.34. The van der Waals surface area contributed by atoms with Gasteiger partial charge in [-0.25, -0.2) is 14.8 Å². The first-order chi connectivity index (χ1) is 16.2. The lowest BCUT2D eigenvalue weighted by molar-refractivity contribution is 0.0719. The number of amides is 2. The summed E-state index contributed by atoms with van der Waals surface area (Å²) in [6.45, 7) is 6.93. The molecule has 0 unspecified atom stereocenters. The minimum absolute atomic E-state index is 0.0130. The number of nitrogens with zero attached hydrogens (tertiary/aromatic N) is 4. The molecule has 172 valence electrons. The van der Waals surface area contributed by atoms with Crippen LogP contribution in [-0.2, 0) is 4.74 Å². The molecule has 0 bridgehead atoms. The number of urea groups is 1. The summed E-state index contributed by atoms with van der Waals surface area (Å²) in [6.07, 6.45) is 3.78. The van der Waals surface area contributed by atoms with E-state index >= 15 is 0 Å². The van der Waals surface area contributed by atoms with Crippen molar-refractivity contribution in [2.75, 3.05) is 62.7 Å². The molecule has 9 nitrogen and oxygen atoms in total. The minimum Gasteiger partial charge on any atom is -0.378 e. The third-order valence-corrected chi connectivity index (χ3v) is 7.27. The standard InChI is InChI=1S/C24H29N7O2/c32-23(31-7-5-24(6-8-31)14-25-15-24)28-18-3-1-17(2-4-18)20-13-19-21(29-20)26-16-27-22(19)30-9-11-33-12-10-30/h1-4,13,16,25H,5-12,14-15H2,(H,28,32)(H,26,27,29). The van der Waals surface area contributed by atoms with E-state index in [2.05, 4.69) is 36.6 Å². The van der Waals surface area contributed by atoms with Crippen molar-refractivity contribution in [3.8, 4) is 11.3 Å². The highest BCUT2D eigenvalue weighted by atomic mass is 16.5. The van der Waals surface area contributed by atoms with Crippen LogP contribution in [0.4, 0.5) is 16.3 Å². The average Bonchev–Trinajstić information content (AvgIpc) is 3.29. The second-order valence-electron chi connectivity index (χ2n) is 9.34. The van der Waals surface area contributed by atoms with Gasteiger partial charge in [0.2, 0.25) is 0 Å². The number of carbonyl (C=O) groups excluding carboxylic acids is 1. The Morgan fingerprint density at radius 1 is 1.03 bits per heavy atom. The number of H-pyrrole nitrogens is 1. The molecule has 2 aromatic heterocycles. The maximum absolute atomic E-state index is 12.7. The molecular formula is C24H29N7O2. The maximum Gasteiger partial charge on any atom is 0.321 e. The zero-order valence-electron chi connectivity index (χ0n) is 18.6. The number of aromatic amines is 1. The van der Waals surface area contributed by atoms with E-state index in [1.807, 2.05) is 29.2 Å². The van der Waals surface area contributed by atoms with Crippen molar-refractivity contribution in [3.63, 3.8) is 0 Å². The van der Waals surface area contributed by atoms with Gasteiger partial charge in [0.05, 0.1) is 18.6 Å². The van der Waals surface area contributed by atoms with Gasteiger partial charge >= 0.3 is 6.03 Å². The highest BCUT2D eigenvalue weighted by Crippen LogP contribution is 2.35. The van der Waals surface area contributed by atoms with E-state index in [9.17, 15) is 4.79 Å². The summed E-state index contributed by atoms with van der Waals surface area (Å²) in [5.41, 5.74) is 4.08. The summed E-state index contributed by atoms with van der Waals surface area (Å²) >= 11 is 0. The van der Waals surface area contributed by atoms with Crippen molar-refractivity contribution in [3.05, 3.63) is 36.7 Å². The van der Waals surface area contributed by atoms with Gasteiger partial charge in [0.25, 0.3) is 0 Å². The van der Waals surface area contributed by atoms with Gasteiger partial charge in [-0.1, -0.05) is 12.1 Å². The average molecular weight is 448 g/mol. The Balaban J connectivity index is 1.15. The number of piperidine rings is 1. The molecule has 3 saturated heterocycles. The molecule has 0 saturated carbocycles. The summed E-state index contributed by atoms with van der Waals surface area (Å²) in [4.78, 5) is 29.2. The molecule has 0 radical (unpaired) electrons. The summed E-state index contributed by atoms with van der Waals surface area (Å²) < 4.78 is 5.47. The molecule has 3 N–H and O–H groups in total. The smallest absolute Gasteiger partial charge is 0.321 e. The number of hydrogen-bond donors (Lipinski definition) is 3. The third kappa shape index (κ3) is 3.91. The van der Waals surface area contributed by atoms with Gasteiger partial charge in [0.15, 0.2) is 0 Å². The number of likely N-dealkylation sites (tertiary alicyclic amines) is 1. The summed E-state index contributed by atoms with van der Waals surface area (Å²) in [5, 5.41) is 7.43.